The van der Waals surface area contributed by atoms with Gasteiger partial charge >= 0.3 is 0 Å². The Hall–Kier alpha value is -1.75. The van der Waals surface area contributed by atoms with Gasteiger partial charge in [-0.25, -0.2) is 4.39 Å². The molecule has 0 radical (unpaired) electrons. The van der Waals surface area contributed by atoms with Crippen LogP contribution in [-0.2, 0) is 6.42 Å². The van der Waals surface area contributed by atoms with Crippen molar-refractivity contribution < 1.29 is 9.18 Å². The summed E-state index contributed by atoms with van der Waals surface area (Å²) in [6, 6.07) is 8.25. The zero-order chi connectivity index (χ0) is 14.5. The minimum Gasteiger partial charge on any atom is -0.341 e. The van der Waals surface area contributed by atoms with E-state index < -0.39 is 5.82 Å². The second-order valence-corrected chi connectivity index (χ2v) is 5.37. The van der Waals surface area contributed by atoms with Crippen molar-refractivity contribution in [2.24, 2.45) is 0 Å². The molecule has 0 N–H and O–H groups in total. The Labute approximate surface area is 125 Å². The van der Waals surface area contributed by atoms with Gasteiger partial charge in [0, 0.05) is 30.5 Å². The van der Waals surface area contributed by atoms with E-state index >= 15 is 0 Å². The van der Waals surface area contributed by atoms with E-state index in [0.717, 1.165) is 5.56 Å². The SMILES string of the molecule is CN(CCc1ccncc1)C(=O)c1ccc(Br)cc1F. The number of nitrogens with zero attached hydrogens (tertiary/aromatic N) is 2. The summed E-state index contributed by atoms with van der Waals surface area (Å²) >= 11 is 3.17. The number of carbonyl (C=O) groups excluding carboxylic acids is 1. The van der Waals surface area contributed by atoms with E-state index in [2.05, 4.69) is 20.9 Å². The first-order chi connectivity index (χ1) is 9.58. The minimum absolute atomic E-state index is 0.0884. The molecule has 20 heavy (non-hydrogen) atoms. The Morgan fingerprint density at radius 2 is 2.00 bits per heavy atom. The summed E-state index contributed by atoms with van der Waals surface area (Å²) in [5.41, 5.74) is 1.18. The standard InChI is InChI=1S/C15H14BrFN2O/c1-19(9-6-11-4-7-18-8-5-11)15(20)13-3-2-12(16)10-14(13)17/h2-5,7-8,10H,6,9H2,1H3. The lowest BCUT2D eigenvalue weighted by Gasteiger charge is -2.17. The lowest BCUT2D eigenvalue weighted by Crippen LogP contribution is -2.29. The molecule has 0 fully saturated rings. The van der Waals surface area contributed by atoms with Crippen LogP contribution in [0, 0.1) is 5.82 Å². The summed E-state index contributed by atoms with van der Waals surface area (Å²) in [7, 11) is 1.67. The molecule has 1 aromatic carbocycles. The van der Waals surface area contributed by atoms with Crippen LogP contribution < -0.4 is 0 Å². The Bertz CT molecular complexity index is 604. The van der Waals surface area contributed by atoms with Gasteiger partial charge in [0.25, 0.3) is 5.91 Å². The van der Waals surface area contributed by atoms with Gasteiger partial charge < -0.3 is 4.90 Å². The fraction of sp³-hybridized carbons (Fsp3) is 0.200. The first-order valence-electron chi connectivity index (χ1n) is 6.17. The molecule has 2 rings (SSSR count). The summed E-state index contributed by atoms with van der Waals surface area (Å²) in [6.07, 6.45) is 4.14. The average Bonchev–Trinajstić information content (AvgIpc) is 2.45. The highest BCUT2D eigenvalue weighted by atomic mass is 79.9. The number of hydrogen-bond acceptors (Lipinski definition) is 2. The van der Waals surface area contributed by atoms with Gasteiger partial charge in [0.15, 0.2) is 0 Å². The maximum atomic E-state index is 13.7. The Morgan fingerprint density at radius 1 is 1.30 bits per heavy atom. The molecular formula is C15H14BrFN2O. The molecular weight excluding hydrogens is 323 g/mol. The molecule has 0 saturated carbocycles. The van der Waals surface area contributed by atoms with Crippen molar-refractivity contribution in [1.82, 2.24) is 9.88 Å². The van der Waals surface area contributed by atoms with Crippen LogP contribution in [0.15, 0.2) is 47.2 Å². The van der Waals surface area contributed by atoms with Gasteiger partial charge in [-0.3, -0.25) is 9.78 Å². The number of carbonyl (C=O) groups is 1. The monoisotopic (exact) mass is 336 g/mol. The van der Waals surface area contributed by atoms with Crippen LogP contribution in [-0.4, -0.2) is 29.4 Å². The lowest BCUT2D eigenvalue weighted by molar-refractivity contribution is 0.0792. The highest BCUT2D eigenvalue weighted by Crippen LogP contribution is 2.16. The molecule has 1 aromatic heterocycles. The van der Waals surface area contributed by atoms with Crippen LogP contribution in [0.3, 0.4) is 0 Å². The molecule has 104 valence electrons. The number of pyridine rings is 1. The summed E-state index contributed by atoms with van der Waals surface area (Å²) in [5.74, 6) is -0.829. The second kappa shape index (κ2) is 6.61. The number of rotatable bonds is 4. The van der Waals surface area contributed by atoms with Crippen molar-refractivity contribution in [1.29, 1.82) is 0 Å². The van der Waals surface area contributed by atoms with Crippen LogP contribution in [0.4, 0.5) is 4.39 Å². The molecule has 0 aliphatic carbocycles. The molecule has 2 aromatic rings. The maximum absolute atomic E-state index is 13.7. The van der Waals surface area contributed by atoms with E-state index in [1.54, 1.807) is 25.5 Å². The maximum Gasteiger partial charge on any atom is 0.256 e. The number of hydrogen-bond donors (Lipinski definition) is 0. The number of likely N-dealkylation sites (N-methyl/N-ethyl adjacent to an activating group) is 1. The van der Waals surface area contributed by atoms with Gasteiger partial charge in [0.1, 0.15) is 5.82 Å². The fourth-order valence-corrected chi connectivity index (χ4v) is 2.15. The van der Waals surface area contributed by atoms with E-state index in [4.69, 9.17) is 0 Å². The predicted molar refractivity (Wildman–Crippen MR) is 79.0 cm³/mol. The molecule has 0 spiro atoms. The van der Waals surface area contributed by atoms with Crippen molar-refractivity contribution in [3.8, 4) is 0 Å². The summed E-state index contributed by atoms with van der Waals surface area (Å²) < 4.78 is 14.4. The quantitative estimate of drug-likeness (QED) is 0.858. The summed E-state index contributed by atoms with van der Waals surface area (Å²) in [6.45, 7) is 0.526. The Morgan fingerprint density at radius 3 is 2.65 bits per heavy atom. The van der Waals surface area contributed by atoms with Gasteiger partial charge in [0.05, 0.1) is 5.56 Å². The summed E-state index contributed by atoms with van der Waals surface area (Å²) in [4.78, 5) is 17.6. The van der Waals surface area contributed by atoms with Crippen molar-refractivity contribution in [3.63, 3.8) is 0 Å². The number of halogens is 2. The van der Waals surface area contributed by atoms with Crippen LogP contribution in [0.25, 0.3) is 0 Å². The molecule has 1 heterocycles. The third-order valence-electron chi connectivity index (χ3n) is 2.99. The first-order valence-corrected chi connectivity index (χ1v) is 6.96. The third kappa shape index (κ3) is 3.63. The average molecular weight is 337 g/mol. The second-order valence-electron chi connectivity index (χ2n) is 4.46. The summed E-state index contributed by atoms with van der Waals surface area (Å²) in [5, 5.41) is 0. The van der Waals surface area contributed by atoms with Crippen LogP contribution in [0.5, 0.6) is 0 Å². The minimum atomic E-state index is -0.514. The van der Waals surface area contributed by atoms with Gasteiger partial charge in [-0.2, -0.15) is 0 Å². The van der Waals surface area contributed by atoms with Crippen molar-refractivity contribution in [2.45, 2.75) is 6.42 Å². The van der Waals surface area contributed by atoms with Crippen molar-refractivity contribution in [3.05, 3.63) is 64.1 Å². The van der Waals surface area contributed by atoms with Gasteiger partial charge in [0.2, 0.25) is 0 Å². The van der Waals surface area contributed by atoms with E-state index in [-0.39, 0.29) is 11.5 Å². The van der Waals surface area contributed by atoms with Crippen LogP contribution >= 0.6 is 15.9 Å². The molecule has 0 saturated heterocycles. The predicted octanol–water partition coefficient (Wildman–Crippen LogP) is 3.30. The molecule has 0 unspecified atom stereocenters. The fourth-order valence-electron chi connectivity index (χ4n) is 1.82. The molecule has 3 nitrogen and oxygen atoms in total. The number of benzene rings is 1. The Balaban J connectivity index is 2.01. The van der Waals surface area contributed by atoms with Gasteiger partial charge in [-0.05, 0) is 42.3 Å². The molecule has 0 aliphatic rings. The number of aromatic nitrogens is 1. The number of amides is 1. The third-order valence-corrected chi connectivity index (χ3v) is 3.49. The van der Waals surface area contributed by atoms with E-state index in [1.165, 1.54) is 17.0 Å². The molecule has 1 amide bonds. The molecule has 5 heteroatoms. The highest BCUT2D eigenvalue weighted by Gasteiger charge is 2.16. The van der Waals surface area contributed by atoms with Crippen LogP contribution in [0.1, 0.15) is 15.9 Å². The molecule has 0 bridgehead atoms. The van der Waals surface area contributed by atoms with E-state index in [9.17, 15) is 9.18 Å². The Kier molecular flexibility index (Phi) is 4.84. The van der Waals surface area contributed by atoms with Gasteiger partial charge in [-0.15, -0.1) is 0 Å². The lowest BCUT2D eigenvalue weighted by atomic mass is 10.1. The molecule has 0 atom stereocenters. The van der Waals surface area contributed by atoms with Crippen molar-refractivity contribution in [2.75, 3.05) is 13.6 Å². The zero-order valence-corrected chi connectivity index (χ0v) is 12.6. The van der Waals surface area contributed by atoms with Gasteiger partial charge in [-0.1, -0.05) is 15.9 Å². The largest absolute Gasteiger partial charge is 0.341 e. The van der Waals surface area contributed by atoms with E-state index in [0.29, 0.717) is 17.4 Å². The zero-order valence-electron chi connectivity index (χ0n) is 11.0. The topological polar surface area (TPSA) is 33.2 Å². The van der Waals surface area contributed by atoms with Crippen LogP contribution in [0.2, 0.25) is 0 Å². The normalized spacial score (nSPS) is 10.3. The smallest absolute Gasteiger partial charge is 0.256 e. The first kappa shape index (κ1) is 14.7. The van der Waals surface area contributed by atoms with E-state index in [1.807, 2.05) is 12.1 Å². The molecule has 0 aliphatic heterocycles. The van der Waals surface area contributed by atoms with Crippen molar-refractivity contribution >= 4 is 21.8 Å². The highest BCUT2D eigenvalue weighted by molar-refractivity contribution is 9.10.